The van der Waals surface area contributed by atoms with E-state index in [2.05, 4.69) is 30.5 Å². The van der Waals surface area contributed by atoms with E-state index in [1.165, 1.54) is 0 Å². The van der Waals surface area contributed by atoms with Gasteiger partial charge in [-0.3, -0.25) is 4.98 Å². The number of piperazine rings is 1. The van der Waals surface area contributed by atoms with Crippen LogP contribution in [0.15, 0.2) is 29.3 Å². The number of nitrogens with one attached hydrogen (secondary N) is 2. The molecule has 105 valence electrons. The third-order valence-electron chi connectivity index (χ3n) is 3.07. The van der Waals surface area contributed by atoms with Crippen molar-refractivity contribution >= 4 is 12.2 Å². The molecule has 0 aliphatic carbocycles. The zero-order chi connectivity index (χ0) is 13.6. The highest BCUT2D eigenvalue weighted by molar-refractivity contribution is 5.59. The van der Waals surface area contributed by atoms with Gasteiger partial charge in [-0.1, -0.05) is 0 Å². The first-order valence-corrected chi connectivity index (χ1v) is 6.63. The maximum Gasteiger partial charge on any atom is 0.213 e. The lowest BCUT2D eigenvalue weighted by molar-refractivity contribution is 0.192. The highest BCUT2D eigenvalue weighted by Gasteiger charge is 2.12. The van der Waals surface area contributed by atoms with Crippen molar-refractivity contribution in [2.24, 2.45) is 4.99 Å². The van der Waals surface area contributed by atoms with E-state index >= 15 is 0 Å². The molecule has 2 aliphatic heterocycles. The van der Waals surface area contributed by atoms with Gasteiger partial charge >= 0.3 is 0 Å². The highest BCUT2D eigenvalue weighted by atomic mass is 16.5. The summed E-state index contributed by atoms with van der Waals surface area (Å²) in [5.74, 6) is 1.47. The Bertz CT molecular complexity index is 509. The summed E-state index contributed by atoms with van der Waals surface area (Å²) in [5.41, 5.74) is 0.802. The molecule has 0 unspecified atom stereocenters. The van der Waals surface area contributed by atoms with E-state index in [1.807, 2.05) is 0 Å². The number of rotatable bonds is 4. The van der Waals surface area contributed by atoms with Crippen LogP contribution in [0, 0.1) is 6.54 Å². The fourth-order valence-electron chi connectivity index (χ4n) is 2.05. The molecule has 0 atom stereocenters. The highest BCUT2D eigenvalue weighted by Crippen LogP contribution is 2.12. The number of ether oxygens (including phenoxy) is 1. The monoisotopic (exact) mass is 273 g/mol. The summed E-state index contributed by atoms with van der Waals surface area (Å²) in [5, 5.41) is 6.17. The Morgan fingerprint density at radius 2 is 2.15 bits per heavy atom. The summed E-state index contributed by atoms with van der Waals surface area (Å²) < 4.78 is 5.57. The molecule has 7 nitrogen and oxygen atoms in total. The van der Waals surface area contributed by atoms with Gasteiger partial charge in [0.25, 0.3) is 0 Å². The summed E-state index contributed by atoms with van der Waals surface area (Å²) in [4.78, 5) is 15.1. The molecule has 3 heterocycles. The van der Waals surface area contributed by atoms with Gasteiger partial charge in [0, 0.05) is 32.3 Å². The first kappa shape index (κ1) is 12.9. The summed E-state index contributed by atoms with van der Waals surface area (Å²) in [6.45, 7) is 6.00. The van der Waals surface area contributed by atoms with Crippen molar-refractivity contribution in [2.45, 2.75) is 6.61 Å². The number of nitrogens with zero attached hydrogens (tertiary/aromatic N) is 4. The first-order chi connectivity index (χ1) is 9.92. The van der Waals surface area contributed by atoms with Gasteiger partial charge in [-0.15, -0.1) is 0 Å². The minimum absolute atomic E-state index is 0.365. The summed E-state index contributed by atoms with van der Waals surface area (Å²) in [6.07, 6.45) is 6.87. The molecular formula is C13H17N6O. The van der Waals surface area contributed by atoms with E-state index in [4.69, 9.17) is 4.74 Å². The van der Waals surface area contributed by atoms with Gasteiger partial charge in [-0.05, 0) is 0 Å². The average Bonchev–Trinajstić information content (AvgIpc) is 2.55. The second kappa shape index (κ2) is 6.33. The second-order valence-corrected chi connectivity index (χ2v) is 4.49. The molecule has 20 heavy (non-hydrogen) atoms. The largest absolute Gasteiger partial charge is 0.471 e. The molecule has 0 saturated carbocycles. The number of aliphatic imine (C=N–C) groups is 1. The van der Waals surface area contributed by atoms with Crippen LogP contribution in [0.1, 0.15) is 5.69 Å². The average molecular weight is 273 g/mol. The van der Waals surface area contributed by atoms with Crippen LogP contribution < -0.4 is 15.5 Å². The Hall–Kier alpha value is -2.15. The van der Waals surface area contributed by atoms with Crippen LogP contribution in [0.4, 0.5) is 5.82 Å². The van der Waals surface area contributed by atoms with Crippen molar-refractivity contribution in [3.05, 3.63) is 36.6 Å². The molecule has 0 bridgehead atoms. The Balaban J connectivity index is 1.61. The van der Waals surface area contributed by atoms with Crippen LogP contribution in [0.2, 0.25) is 0 Å². The van der Waals surface area contributed by atoms with Crippen molar-refractivity contribution in [1.82, 2.24) is 20.6 Å². The summed E-state index contributed by atoms with van der Waals surface area (Å²) in [6, 6.07) is 0. The molecule has 2 N–H and O–H groups in total. The SMILES string of the molecule is [CH]1C=C(OCc2cncc(N3CCNCC3)n2)N=CN1. The van der Waals surface area contributed by atoms with Gasteiger partial charge in [-0.2, -0.15) is 0 Å². The van der Waals surface area contributed by atoms with Crippen molar-refractivity contribution in [2.75, 3.05) is 31.1 Å². The maximum absolute atomic E-state index is 5.57. The Morgan fingerprint density at radius 1 is 1.25 bits per heavy atom. The maximum atomic E-state index is 5.57. The van der Waals surface area contributed by atoms with Gasteiger partial charge in [0.05, 0.1) is 31.0 Å². The van der Waals surface area contributed by atoms with E-state index in [9.17, 15) is 0 Å². The van der Waals surface area contributed by atoms with E-state index in [-0.39, 0.29) is 0 Å². The Labute approximate surface area is 117 Å². The van der Waals surface area contributed by atoms with Gasteiger partial charge in [-0.25, -0.2) is 9.98 Å². The number of hydrogen-bond acceptors (Lipinski definition) is 7. The predicted molar refractivity (Wildman–Crippen MR) is 75.9 cm³/mol. The second-order valence-electron chi connectivity index (χ2n) is 4.49. The fraction of sp³-hybridized carbons (Fsp3) is 0.385. The summed E-state index contributed by atoms with van der Waals surface area (Å²) >= 11 is 0. The molecule has 2 aliphatic rings. The van der Waals surface area contributed by atoms with Crippen LogP contribution >= 0.6 is 0 Å². The van der Waals surface area contributed by atoms with E-state index in [0.717, 1.165) is 37.7 Å². The normalized spacial score (nSPS) is 18.4. The molecule has 0 spiro atoms. The van der Waals surface area contributed by atoms with Crippen LogP contribution in [-0.2, 0) is 11.3 Å². The van der Waals surface area contributed by atoms with E-state index in [0.29, 0.717) is 12.5 Å². The van der Waals surface area contributed by atoms with E-state index < -0.39 is 0 Å². The Morgan fingerprint density at radius 3 is 2.95 bits per heavy atom. The lowest BCUT2D eigenvalue weighted by atomic mass is 10.3. The molecule has 0 amide bonds. The minimum Gasteiger partial charge on any atom is -0.471 e. The van der Waals surface area contributed by atoms with Gasteiger partial charge < -0.3 is 20.3 Å². The fourth-order valence-corrected chi connectivity index (χ4v) is 2.05. The lowest BCUT2D eigenvalue weighted by Crippen LogP contribution is -2.44. The number of aromatic nitrogens is 2. The van der Waals surface area contributed by atoms with Gasteiger partial charge in [0.2, 0.25) is 5.88 Å². The van der Waals surface area contributed by atoms with Crippen LogP contribution in [-0.4, -0.2) is 42.5 Å². The molecule has 0 aromatic carbocycles. The van der Waals surface area contributed by atoms with E-state index in [1.54, 1.807) is 31.4 Å². The quantitative estimate of drug-likeness (QED) is 0.806. The first-order valence-electron chi connectivity index (χ1n) is 6.63. The lowest BCUT2D eigenvalue weighted by Gasteiger charge is -2.28. The predicted octanol–water partition coefficient (Wildman–Crippen LogP) is 0.0375. The molecule has 3 rings (SSSR count). The minimum atomic E-state index is 0.365. The summed E-state index contributed by atoms with van der Waals surface area (Å²) in [7, 11) is 0. The van der Waals surface area contributed by atoms with Crippen molar-refractivity contribution < 1.29 is 4.74 Å². The van der Waals surface area contributed by atoms with Crippen LogP contribution in [0.5, 0.6) is 0 Å². The van der Waals surface area contributed by atoms with Gasteiger partial charge in [0.15, 0.2) is 0 Å². The number of hydrogen-bond donors (Lipinski definition) is 2. The zero-order valence-corrected chi connectivity index (χ0v) is 11.1. The third-order valence-corrected chi connectivity index (χ3v) is 3.07. The molecule has 1 radical (unpaired) electrons. The number of anilines is 1. The zero-order valence-electron chi connectivity index (χ0n) is 11.1. The third kappa shape index (κ3) is 3.24. The van der Waals surface area contributed by atoms with Gasteiger partial charge in [0.1, 0.15) is 12.4 Å². The smallest absolute Gasteiger partial charge is 0.213 e. The van der Waals surface area contributed by atoms with Crippen molar-refractivity contribution in [1.29, 1.82) is 0 Å². The molecule has 1 fully saturated rings. The van der Waals surface area contributed by atoms with Crippen LogP contribution in [0.25, 0.3) is 0 Å². The molecule has 1 saturated heterocycles. The standard InChI is InChI=1S/C13H17N6O/c1-2-15-10-17-13(1)20-9-11-7-16-8-12(18-11)19-5-3-14-4-6-19/h1-2,7-8,10,14H,3-6,9H2,(H,15,17). The molecule has 1 aromatic heterocycles. The van der Waals surface area contributed by atoms with Crippen molar-refractivity contribution in [3.8, 4) is 0 Å². The molecule has 7 heteroatoms. The molecule has 1 aromatic rings. The van der Waals surface area contributed by atoms with Crippen molar-refractivity contribution in [3.63, 3.8) is 0 Å². The Kier molecular flexibility index (Phi) is 4.07. The van der Waals surface area contributed by atoms with Crippen LogP contribution in [0.3, 0.4) is 0 Å². The molecular weight excluding hydrogens is 256 g/mol. The topological polar surface area (TPSA) is 74.7 Å².